The predicted molar refractivity (Wildman–Crippen MR) is 48.0 cm³/mol. The highest BCUT2D eigenvalue weighted by Gasteiger charge is 2.25. The van der Waals surface area contributed by atoms with E-state index in [1.807, 2.05) is 24.9 Å². The van der Waals surface area contributed by atoms with Gasteiger partial charge in [0.15, 0.2) is 0 Å². The molecule has 0 bridgehead atoms. The van der Waals surface area contributed by atoms with Crippen LogP contribution in [0.4, 0.5) is 0 Å². The van der Waals surface area contributed by atoms with Gasteiger partial charge in [-0.3, -0.25) is 9.58 Å². The fourth-order valence-electron chi connectivity index (χ4n) is 1.69. The molecule has 1 aromatic rings. The molecule has 1 aliphatic rings. The fourth-order valence-corrected chi connectivity index (χ4v) is 1.69. The third kappa shape index (κ3) is 1.27. The average molecular weight is 179 g/mol. The summed E-state index contributed by atoms with van der Waals surface area (Å²) in [5.41, 5.74) is 2.48. The minimum Gasteiger partial charge on any atom is -0.302 e. The second-order valence-corrected chi connectivity index (χ2v) is 3.52. The first-order chi connectivity index (χ1) is 6.22. The van der Waals surface area contributed by atoms with Crippen LogP contribution in [0, 0.1) is 0 Å². The summed E-state index contributed by atoms with van der Waals surface area (Å²) in [4.78, 5) is 12.7. The normalized spacial score (nSPS) is 18.6. The maximum absolute atomic E-state index is 10.6. The van der Waals surface area contributed by atoms with Gasteiger partial charge in [-0.15, -0.1) is 0 Å². The molecule has 1 aliphatic heterocycles. The molecule has 0 fully saturated rings. The second kappa shape index (κ2) is 2.96. The molecule has 4 nitrogen and oxygen atoms in total. The summed E-state index contributed by atoms with van der Waals surface area (Å²) in [6, 6.07) is 0.00685. The van der Waals surface area contributed by atoms with Gasteiger partial charge in [-0.05, 0) is 6.92 Å². The van der Waals surface area contributed by atoms with Crippen LogP contribution < -0.4 is 0 Å². The van der Waals surface area contributed by atoms with Gasteiger partial charge >= 0.3 is 0 Å². The maximum Gasteiger partial charge on any atom is 0.136 e. The molecule has 0 aliphatic carbocycles. The lowest BCUT2D eigenvalue weighted by Gasteiger charge is -2.18. The maximum atomic E-state index is 10.6. The number of rotatable bonds is 2. The van der Waals surface area contributed by atoms with Gasteiger partial charge < -0.3 is 4.79 Å². The molecule has 0 spiro atoms. The Morgan fingerprint density at radius 3 is 3.00 bits per heavy atom. The van der Waals surface area contributed by atoms with E-state index >= 15 is 0 Å². The molecule has 13 heavy (non-hydrogen) atoms. The lowest BCUT2D eigenvalue weighted by Crippen LogP contribution is -2.29. The molecule has 70 valence electrons. The first kappa shape index (κ1) is 8.44. The van der Waals surface area contributed by atoms with Crippen LogP contribution in [-0.2, 0) is 24.9 Å². The quantitative estimate of drug-likeness (QED) is 0.614. The van der Waals surface area contributed by atoms with Crippen LogP contribution in [-0.4, -0.2) is 27.0 Å². The first-order valence-corrected chi connectivity index (χ1v) is 4.41. The molecule has 0 amide bonds. The monoisotopic (exact) mass is 179 g/mol. The molecule has 2 rings (SSSR count). The third-order valence-electron chi connectivity index (χ3n) is 2.65. The zero-order valence-electron chi connectivity index (χ0n) is 7.90. The largest absolute Gasteiger partial charge is 0.302 e. The van der Waals surface area contributed by atoms with Crippen LogP contribution in [0.15, 0.2) is 6.20 Å². The zero-order chi connectivity index (χ0) is 9.42. The molecule has 1 unspecified atom stereocenters. The lowest BCUT2D eigenvalue weighted by atomic mass is 10.3. The first-order valence-electron chi connectivity index (χ1n) is 4.41. The number of nitrogens with zero attached hydrogens (tertiary/aromatic N) is 3. The van der Waals surface area contributed by atoms with Crippen LogP contribution in [0.2, 0.25) is 0 Å². The van der Waals surface area contributed by atoms with Crippen molar-refractivity contribution in [3.05, 3.63) is 17.5 Å². The minimum absolute atomic E-state index is 0.00685. The van der Waals surface area contributed by atoms with E-state index in [-0.39, 0.29) is 6.04 Å². The van der Waals surface area contributed by atoms with Crippen LogP contribution >= 0.6 is 0 Å². The predicted octanol–water partition coefficient (Wildman–Crippen LogP) is 0.323. The molecule has 0 saturated heterocycles. The van der Waals surface area contributed by atoms with E-state index in [1.165, 1.54) is 11.3 Å². The van der Waals surface area contributed by atoms with Gasteiger partial charge in [0.25, 0.3) is 0 Å². The highest BCUT2D eigenvalue weighted by atomic mass is 16.1. The summed E-state index contributed by atoms with van der Waals surface area (Å²) in [6.07, 6.45) is 2.87. The molecular weight excluding hydrogens is 166 g/mol. The summed E-state index contributed by atoms with van der Waals surface area (Å²) in [5, 5.41) is 4.16. The molecule has 4 heteroatoms. The molecular formula is C9H13N3O. The van der Waals surface area contributed by atoms with Gasteiger partial charge in [0.1, 0.15) is 6.29 Å². The Balaban J connectivity index is 2.18. The van der Waals surface area contributed by atoms with Crippen molar-refractivity contribution in [2.75, 3.05) is 0 Å². The highest BCUT2D eigenvalue weighted by molar-refractivity contribution is 5.57. The van der Waals surface area contributed by atoms with Crippen molar-refractivity contribution in [3.63, 3.8) is 0 Å². The van der Waals surface area contributed by atoms with Crippen molar-refractivity contribution < 1.29 is 4.79 Å². The molecule has 0 saturated carbocycles. The number of hydrogen-bond acceptors (Lipinski definition) is 3. The average Bonchev–Trinajstić information content (AvgIpc) is 2.67. The molecule has 0 N–H and O–H groups in total. The lowest BCUT2D eigenvalue weighted by molar-refractivity contribution is -0.112. The number of aromatic nitrogens is 2. The van der Waals surface area contributed by atoms with Crippen molar-refractivity contribution in [1.82, 2.24) is 14.7 Å². The topological polar surface area (TPSA) is 38.1 Å². The number of hydrogen-bond donors (Lipinski definition) is 0. The Labute approximate surface area is 77.1 Å². The van der Waals surface area contributed by atoms with Crippen molar-refractivity contribution in [1.29, 1.82) is 0 Å². The Morgan fingerprint density at radius 2 is 2.38 bits per heavy atom. The third-order valence-corrected chi connectivity index (χ3v) is 2.65. The van der Waals surface area contributed by atoms with Crippen molar-refractivity contribution >= 4 is 6.29 Å². The molecule has 1 aromatic heterocycles. The van der Waals surface area contributed by atoms with Crippen LogP contribution in [0.3, 0.4) is 0 Å². The Morgan fingerprint density at radius 1 is 1.62 bits per heavy atom. The number of carbonyl (C=O) groups excluding carboxylic acids is 1. The van der Waals surface area contributed by atoms with Gasteiger partial charge in [0.2, 0.25) is 0 Å². The number of aryl methyl sites for hydroxylation is 1. The fraction of sp³-hybridized carbons (Fsp3) is 0.556. The highest BCUT2D eigenvalue weighted by Crippen LogP contribution is 2.22. The Bertz CT molecular complexity index is 332. The number of carbonyl (C=O) groups is 1. The van der Waals surface area contributed by atoms with Gasteiger partial charge in [0.05, 0.1) is 17.9 Å². The Kier molecular flexibility index (Phi) is 1.92. The standard InChI is InChI=1S/C9H13N3O/c1-7(6-13)12-4-8-3-10-11(2)9(8)5-12/h3,6-7H,4-5H2,1-2H3. The van der Waals surface area contributed by atoms with E-state index in [1.54, 1.807) is 0 Å². The van der Waals surface area contributed by atoms with E-state index in [4.69, 9.17) is 0 Å². The van der Waals surface area contributed by atoms with E-state index in [0.717, 1.165) is 19.4 Å². The SMILES string of the molecule is CC(C=O)N1Cc2cnn(C)c2C1. The van der Waals surface area contributed by atoms with Crippen molar-refractivity contribution in [3.8, 4) is 0 Å². The summed E-state index contributed by atoms with van der Waals surface area (Å²) >= 11 is 0. The summed E-state index contributed by atoms with van der Waals surface area (Å²) in [5.74, 6) is 0. The van der Waals surface area contributed by atoms with Crippen molar-refractivity contribution in [2.24, 2.45) is 7.05 Å². The summed E-state index contributed by atoms with van der Waals surface area (Å²) in [6.45, 7) is 3.61. The van der Waals surface area contributed by atoms with E-state index in [2.05, 4.69) is 10.00 Å². The van der Waals surface area contributed by atoms with E-state index < -0.39 is 0 Å². The number of aldehydes is 1. The van der Waals surface area contributed by atoms with Crippen LogP contribution in [0.1, 0.15) is 18.2 Å². The van der Waals surface area contributed by atoms with Gasteiger partial charge in [-0.1, -0.05) is 0 Å². The molecule has 0 aromatic carbocycles. The van der Waals surface area contributed by atoms with Gasteiger partial charge in [0, 0.05) is 25.7 Å². The number of fused-ring (bicyclic) bond motifs is 1. The van der Waals surface area contributed by atoms with E-state index in [0.29, 0.717) is 0 Å². The summed E-state index contributed by atoms with van der Waals surface area (Å²) in [7, 11) is 1.94. The van der Waals surface area contributed by atoms with Gasteiger partial charge in [-0.2, -0.15) is 5.10 Å². The second-order valence-electron chi connectivity index (χ2n) is 3.52. The Hall–Kier alpha value is -1.16. The molecule has 0 radical (unpaired) electrons. The van der Waals surface area contributed by atoms with Gasteiger partial charge in [-0.25, -0.2) is 0 Å². The van der Waals surface area contributed by atoms with Crippen LogP contribution in [0.5, 0.6) is 0 Å². The van der Waals surface area contributed by atoms with E-state index in [9.17, 15) is 4.79 Å². The van der Waals surface area contributed by atoms with Crippen molar-refractivity contribution in [2.45, 2.75) is 26.1 Å². The van der Waals surface area contributed by atoms with Crippen LogP contribution in [0.25, 0.3) is 0 Å². The zero-order valence-corrected chi connectivity index (χ0v) is 7.90. The minimum atomic E-state index is 0.00685. The molecule has 1 atom stereocenters. The molecule has 2 heterocycles. The summed E-state index contributed by atoms with van der Waals surface area (Å²) < 4.78 is 1.88. The smallest absolute Gasteiger partial charge is 0.136 e.